The van der Waals surface area contributed by atoms with Crippen molar-refractivity contribution in [2.75, 3.05) is 50.5 Å². The van der Waals surface area contributed by atoms with Crippen LogP contribution in [0.4, 0.5) is 10.5 Å². The molecule has 8 nitrogen and oxygen atoms in total. The molecule has 1 heterocycles. The van der Waals surface area contributed by atoms with Gasteiger partial charge in [-0.1, -0.05) is 0 Å². The number of anilines is 1. The Morgan fingerprint density at radius 2 is 1.70 bits per heavy atom. The van der Waals surface area contributed by atoms with Gasteiger partial charge in [0.05, 0.1) is 12.9 Å². The van der Waals surface area contributed by atoms with E-state index in [-0.39, 0.29) is 23.9 Å². The highest BCUT2D eigenvalue weighted by Gasteiger charge is 2.27. The first-order chi connectivity index (χ1) is 12.6. The Labute approximate surface area is 161 Å². The van der Waals surface area contributed by atoms with Gasteiger partial charge in [-0.15, -0.1) is 0 Å². The Morgan fingerprint density at radius 3 is 2.22 bits per heavy atom. The molecule has 1 fully saturated rings. The van der Waals surface area contributed by atoms with Crippen molar-refractivity contribution in [3.63, 3.8) is 0 Å². The molecule has 152 valence electrons. The number of rotatable bonds is 6. The molecule has 0 saturated carbocycles. The molecule has 2 rings (SSSR count). The van der Waals surface area contributed by atoms with Gasteiger partial charge in [0, 0.05) is 44.0 Å². The Hall–Kier alpha value is -2.00. The number of nitrogens with one attached hydrogen (secondary N) is 2. The van der Waals surface area contributed by atoms with Gasteiger partial charge in [-0.3, -0.25) is 0 Å². The maximum atomic E-state index is 12.5. The van der Waals surface area contributed by atoms with Gasteiger partial charge in [0.2, 0.25) is 10.0 Å². The topological polar surface area (TPSA) is 91.0 Å². The van der Waals surface area contributed by atoms with E-state index in [9.17, 15) is 13.2 Å². The van der Waals surface area contributed by atoms with Crippen LogP contribution in [0.1, 0.15) is 20.8 Å². The van der Waals surface area contributed by atoms with Crippen LogP contribution in [-0.4, -0.2) is 69.9 Å². The highest BCUT2D eigenvalue weighted by molar-refractivity contribution is 7.89. The van der Waals surface area contributed by atoms with E-state index in [1.807, 2.05) is 45.0 Å². The Balaban J connectivity index is 1.80. The minimum atomic E-state index is -3.39. The van der Waals surface area contributed by atoms with Crippen molar-refractivity contribution in [3.05, 3.63) is 24.3 Å². The number of benzene rings is 1. The maximum Gasteiger partial charge on any atom is 0.315 e. The van der Waals surface area contributed by atoms with Crippen LogP contribution in [0.5, 0.6) is 5.75 Å². The number of urea groups is 1. The van der Waals surface area contributed by atoms with Gasteiger partial charge in [0.1, 0.15) is 5.75 Å². The summed E-state index contributed by atoms with van der Waals surface area (Å²) in [6, 6.07) is 7.38. The molecule has 0 aromatic heterocycles. The lowest BCUT2D eigenvalue weighted by molar-refractivity contribution is 0.232. The zero-order chi connectivity index (χ0) is 20.1. The average molecular weight is 399 g/mol. The molecular formula is C18H30N4O4S. The highest BCUT2D eigenvalue weighted by Crippen LogP contribution is 2.21. The van der Waals surface area contributed by atoms with Crippen LogP contribution >= 0.6 is 0 Å². The van der Waals surface area contributed by atoms with Crippen LogP contribution in [0.2, 0.25) is 0 Å². The first-order valence-electron chi connectivity index (χ1n) is 9.03. The van der Waals surface area contributed by atoms with Crippen molar-refractivity contribution in [1.29, 1.82) is 0 Å². The van der Waals surface area contributed by atoms with Crippen LogP contribution in [0, 0.1) is 0 Å². The summed E-state index contributed by atoms with van der Waals surface area (Å²) >= 11 is 0. The molecular weight excluding hydrogens is 368 g/mol. The van der Waals surface area contributed by atoms with Crippen LogP contribution in [0.25, 0.3) is 0 Å². The van der Waals surface area contributed by atoms with Gasteiger partial charge in [-0.25, -0.2) is 13.2 Å². The molecule has 1 aliphatic heterocycles. The molecule has 2 amide bonds. The van der Waals surface area contributed by atoms with E-state index in [1.54, 1.807) is 7.11 Å². The number of nitrogens with zero attached hydrogens (tertiary/aromatic N) is 2. The van der Waals surface area contributed by atoms with Crippen molar-refractivity contribution in [2.24, 2.45) is 0 Å². The highest BCUT2D eigenvalue weighted by atomic mass is 32.2. The van der Waals surface area contributed by atoms with E-state index in [0.29, 0.717) is 26.2 Å². The molecule has 2 N–H and O–H groups in total. The van der Waals surface area contributed by atoms with Crippen LogP contribution in [0.3, 0.4) is 0 Å². The van der Waals surface area contributed by atoms with Crippen molar-refractivity contribution in [2.45, 2.75) is 26.3 Å². The van der Waals surface area contributed by atoms with E-state index in [0.717, 1.165) is 11.4 Å². The van der Waals surface area contributed by atoms with Gasteiger partial charge >= 0.3 is 6.03 Å². The van der Waals surface area contributed by atoms with Crippen LogP contribution in [0.15, 0.2) is 24.3 Å². The summed E-state index contributed by atoms with van der Waals surface area (Å²) in [7, 11) is -1.77. The molecule has 1 aliphatic rings. The second-order valence-corrected chi connectivity index (χ2v) is 9.62. The average Bonchev–Trinajstić information content (AvgIpc) is 2.60. The van der Waals surface area contributed by atoms with Crippen LogP contribution in [-0.2, 0) is 10.0 Å². The molecule has 1 aromatic carbocycles. The summed E-state index contributed by atoms with van der Waals surface area (Å²) in [5.41, 5.74) is 0.689. The fourth-order valence-electron chi connectivity index (χ4n) is 2.82. The number of sulfonamides is 1. The molecule has 9 heteroatoms. The number of amides is 2. The van der Waals surface area contributed by atoms with Gasteiger partial charge < -0.3 is 20.3 Å². The Morgan fingerprint density at radius 1 is 1.11 bits per heavy atom. The van der Waals surface area contributed by atoms with Gasteiger partial charge in [0.15, 0.2) is 0 Å². The SMILES string of the molecule is COc1ccc(N2CCN(S(=O)(=O)CCNC(=O)NC(C)(C)C)CC2)cc1. The summed E-state index contributed by atoms with van der Waals surface area (Å²) in [4.78, 5) is 13.9. The lowest BCUT2D eigenvalue weighted by atomic mass is 10.1. The van der Waals surface area contributed by atoms with Gasteiger partial charge in [0.25, 0.3) is 0 Å². The fraction of sp³-hybridized carbons (Fsp3) is 0.611. The monoisotopic (exact) mass is 398 g/mol. The van der Waals surface area contributed by atoms with E-state index in [2.05, 4.69) is 15.5 Å². The third kappa shape index (κ3) is 6.59. The first kappa shape index (κ1) is 21.3. The van der Waals surface area contributed by atoms with Crippen LogP contribution < -0.4 is 20.3 Å². The van der Waals surface area contributed by atoms with Crippen molar-refractivity contribution in [3.8, 4) is 5.75 Å². The molecule has 0 bridgehead atoms. The molecule has 0 aliphatic carbocycles. The molecule has 0 spiro atoms. The number of ether oxygens (including phenoxy) is 1. The number of carbonyl (C=O) groups is 1. The van der Waals surface area contributed by atoms with E-state index in [4.69, 9.17) is 4.74 Å². The molecule has 0 radical (unpaired) electrons. The maximum absolute atomic E-state index is 12.5. The summed E-state index contributed by atoms with van der Waals surface area (Å²) in [6.45, 7) is 7.81. The van der Waals surface area contributed by atoms with Crippen molar-refractivity contribution >= 4 is 21.7 Å². The minimum Gasteiger partial charge on any atom is -0.497 e. The van der Waals surface area contributed by atoms with E-state index in [1.165, 1.54) is 4.31 Å². The number of hydrogen-bond donors (Lipinski definition) is 2. The molecule has 0 unspecified atom stereocenters. The normalized spacial score (nSPS) is 16.1. The second kappa shape index (κ2) is 8.79. The fourth-order valence-corrected chi connectivity index (χ4v) is 4.16. The second-order valence-electron chi connectivity index (χ2n) is 7.53. The van der Waals surface area contributed by atoms with E-state index < -0.39 is 10.0 Å². The minimum absolute atomic E-state index is 0.0863. The summed E-state index contributed by atoms with van der Waals surface area (Å²) in [5, 5.41) is 5.34. The summed E-state index contributed by atoms with van der Waals surface area (Å²) in [6.07, 6.45) is 0. The predicted molar refractivity (Wildman–Crippen MR) is 107 cm³/mol. The van der Waals surface area contributed by atoms with E-state index >= 15 is 0 Å². The number of carbonyl (C=O) groups excluding carboxylic acids is 1. The Kier molecular flexibility index (Phi) is 6.94. The standard InChI is InChI=1S/C18H30N4O4S/c1-18(2,3)20-17(23)19-9-14-27(24,25)22-12-10-21(11-13-22)15-5-7-16(26-4)8-6-15/h5-8H,9-14H2,1-4H3,(H2,19,20,23). The van der Waals surface area contributed by atoms with Crippen molar-refractivity contribution < 1.29 is 17.9 Å². The molecule has 0 atom stereocenters. The van der Waals surface area contributed by atoms with Crippen molar-refractivity contribution in [1.82, 2.24) is 14.9 Å². The summed E-state index contributed by atoms with van der Waals surface area (Å²) < 4.78 is 31.7. The third-order valence-electron chi connectivity index (χ3n) is 4.20. The largest absolute Gasteiger partial charge is 0.497 e. The molecule has 27 heavy (non-hydrogen) atoms. The molecule has 1 saturated heterocycles. The zero-order valence-corrected chi connectivity index (χ0v) is 17.3. The summed E-state index contributed by atoms with van der Waals surface area (Å²) in [5.74, 6) is 0.690. The predicted octanol–water partition coefficient (Wildman–Crippen LogP) is 1.24. The number of methoxy groups -OCH3 is 1. The number of hydrogen-bond acceptors (Lipinski definition) is 5. The Bertz CT molecular complexity index is 721. The third-order valence-corrected chi connectivity index (χ3v) is 6.08. The van der Waals surface area contributed by atoms with Gasteiger partial charge in [-0.05, 0) is 45.0 Å². The smallest absolute Gasteiger partial charge is 0.315 e. The lowest BCUT2D eigenvalue weighted by Crippen LogP contribution is -2.51. The first-order valence-corrected chi connectivity index (χ1v) is 10.6. The zero-order valence-electron chi connectivity index (χ0n) is 16.5. The number of piperazine rings is 1. The quantitative estimate of drug-likeness (QED) is 0.752. The molecule has 1 aromatic rings. The lowest BCUT2D eigenvalue weighted by Gasteiger charge is -2.35. The van der Waals surface area contributed by atoms with Gasteiger partial charge in [-0.2, -0.15) is 4.31 Å².